The third-order valence-corrected chi connectivity index (χ3v) is 3.41. The first-order chi connectivity index (χ1) is 10.3. The van der Waals surface area contributed by atoms with E-state index in [2.05, 4.69) is 5.43 Å². The second kappa shape index (κ2) is 7.67. The molecule has 0 radical (unpaired) electrons. The molecule has 21 heavy (non-hydrogen) atoms. The first kappa shape index (κ1) is 15.4. The summed E-state index contributed by atoms with van der Waals surface area (Å²) in [5, 5.41) is 0. The van der Waals surface area contributed by atoms with Crippen LogP contribution in [0.1, 0.15) is 24.1 Å². The lowest BCUT2D eigenvalue weighted by molar-refractivity contribution is 0.331. The molecule has 2 rings (SSSR count). The fourth-order valence-corrected chi connectivity index (χ4v) is 2.41. The van der Waals surface area contributed by atoms with Crippen molar-refractivity contribution in [3.63, 3.8) is 0 Å². The minimum atomic E-state index is -0.0379. The molecule has 3 N–H and O–H groups in total. The van der Waals surface area contributed by atoms with Crippen molar-refractivity contribution in [2.24, 2.45) is 5.84 Å². The maximum atomic E-state index is 5.76. The number of hydrogen-bond donors (Lipinski definition) is 2. The van der Waals surface area contributed by atoms with Crippen LogP contribution in [0, 0.1) is 0 Å². The topological polar surface area (TPSA) is 56.5 Å². The van der Waals surface area contributed by atoms with Crippen LogP contribution in [0.25, 0.3) is 0 Å². The number of methoxy groups -OCH3 is 1. The SMILES string of the molecule is CCOc1ccccc1C(Cc1ccccc1OC)NN. The number of para-hydroxylation sites is 2. The lowest BCUT2D eigenvalue weighted by Gasteiger charge is -2.20. The van der Waals surface area contributed by atoms with Gasteiger partial charge in [0.05, 0.1) is 19.8 Å². The van der Waals surface area contributed by atoms with Gasteiger partial charge in [0.25, 0.3) is 0 Å². The molecule has 0 aromatic heterocycles. The fraction of sp³-hybridized carbons (Fsp3) is 0.294. The lowest BCUT2D eigenvalue weighted by Crippen LogP contribution is -2.30. The van der Waals surface area contributed by atoms with Gasteiger partial charge in [0.1, 0.15) is 11.5 Å². The van der Waals surface area contributed by atoms with Crippen LogP contribution >= 0.6 is 0 Å². The highest BCUT2D eigenvalue weighted by molar-refractivity contribution is 5.39. The average Bonchev–Trinajstić information content (AvgIpc) is 2.54. The van der Waals surface area contributed by atoms with Gasteiger partial charge in [-0.15, -0.1) is 0 Å². The number of hydrazine groups is 1. The molecule has 0 saturated heterocycles. The summed E-state index contributed by atoms with van der Waals surface area (Å²) in [5.41, 5.74) is 5.04. The van der Waals surface area contributed by atoms with Gasteiger partial charge in [0.2, 0.25) is 0 Å². The van der Waals surface area contributed by atoms with Gasteiger partial charge in [-0.25, -0.2) is 0 Å². The molecule has 1 unspecified atom stereocenters. The molecule has 4 nitrogen and oxygen atoms in total. The van der Waals surface area contributed by atoms with E-state index in [1.807, 2.05) is 55.5 Å². The van der Waals surface area contributed by atoms with Crippen LogP contribution in [-0.2, 0) is 6.42 Å². The molecule has 0 bridgehead atoms. The van der Waals surface area contributed by atoms with E-state index in [0.29, 0.717) is 6.61 Å². The van der Waals surface area contributed by atoms with Gasteiger partial charge >= 0.3 is 0 Å². The summed E-state index contributed by atoms with van der Waals surface area (Å²) in [7, 11) is 1.68. The summed E-state index contributed by atoms with van der Waals surface area (Å²) >= 11 is 0. The third kappa shape index (κ3) is 3.74. The number of hydrogen-bond acceptors (Lipinski definition) is 4. The molecule has 1 atom stereocenters. The highest BCUT2D eigenvalue weighted by atomic mass is 16.5. The van der Waals surface area contributed by atoms with Gasteiger partial charge in [0.15, 0.2) is 0 Å². The van der Waals surface area contributed by atoms with Crippen LogP contribution < -0.4 is 20.7 Å². The van der Waals surface area contributed by atoms with E-state index in [1.165, 1.54) is 0 Å². The molecular weight excluding hydrogens is 264 g/mol. The highest BCUT2D eigenvalue weighted by Crippen LogP contribution is 2.29. The number of nitrogens with two attached hydrogens (primary N) is 1. The Morgan fingerprint density at radius 2 is 1.71 bits per heavy atom. The van der Waals surface area contributed by atoms with Crippen molar-refractivity contribution < 1.29 is 9.47 Å². The smallest absolute Gasteiger partial charge is 0.124 e. The quantitative estimate of drug-likeness (QED) is 0.607. The Balaban J connectivity index is 2.28. The Morgan fingerprint density at radius 3 is 2.38 bits per heavy atom. The van der Waals surface area contributed by atoms with Crippen molar-refractivity contribution in [3.8, 4) is 11.5 Å². The Bertz CT molecular complexity index is 572. The van der Waals surface area contributed by atoms with Crippen molar-refractivity contribution in [3.05, 3.63) is 59.7 Å². The van der Waals surface area contributed by atoms with E-state index in [-0.39, 0.29) is 6.04 Å². The molecule has 0 fully saturated rings. The largest absolute Gasteiger partial charge is 0.496 e. The van der Waals surface area contributed by atoms with E-state index in [0.717, 1.165) is 29.0 Å². The molecule has 0 amide bonds. The van der Waals surface area contributed by atoms with Crippen molar-refractivity contribution in [2.75, 3.05) is 13.7 Å². The Labute approximate surface area is 125 Å². The van der Waals surface area contributed by atoms with Crippen LogP contribution in [0.15, 0.2) is 48.5 Å². The molecule has 112 valence electrons. The van der Waals surface area contributed by atoms with E-state index in [1.54, 1.807) is 7.11 Å². The van der Waals surface area contributed by atoms with E-state index < -0.39 is 0 Å². The van der Waals surface area contributed by atoms with Crippen molar-refractivity contribution in [2.45, 2.75) is 19.4 Å². The van der Waals surface area contributed by atoms with Gasteiger partial charge in [-0.2, -0.15) is 0 Å². The molecule has 0 saturated carbocycles. The third-order valence-electron chi connectivity index (χ3n) is 3.41. The monoisotopic (exact) mass is 286 g/mol. The minimum Gasteiger partial charge on any atom is -0.496 e. The zero-order valence-corrected chi connectivity index (χ0v) is 12.5. The van der Waals surface area contributed by atoms with Crippen LogP contribution in [-0.4, -0.2) is 13.7 Å². The van der Waals surface area contributed by atoms with Crippen LogP contribution in [0.5, 0.6) is 11.5 Å². The van der Waals surface area contributed by atoms with Gasteiger partial charge < -0.3 is 9.47 Å². The maximum absolute atomic E-state index is 5.76. The van der Waals surface area contributed by atoms with E-state index in [4.69, 9.17) is 15.3 Å². The second-order valence-corrected chi connectivity index (χ2v) is 4.71. The maximum Gasteiger partial charge on any atom is 0.124 e. The second-order valence-electron chi connectivity index (χ2n) is 4.71. The first-order valence-electron chi connectivity index (χ1n) is 7.09. The summed E-state index contributed by atoms with van der Waals surface area (Å²) in [6, 6.07) is 15.9. The standard InChI is InChI=1S/C17H22N2O2/c1-3-21-17-11-7-5-9-14(17)15(19-18)12-13-8-4-6-10-16(13)20-2/h4-11,15,19H,3,12,18H2,1-2H3. The molecule has 0 spiro atoms. The summed E-state index contributed by atoms with van der Waals surface area (Å²) in [6.07, 6.45) is 0.727. The highest BCUT2D eigenvalue weighted by Gasteiger charge is 2.17. The number of rotatable bonds is 7. The molecular formula is C17H22N2O2. The summed E-state index contributed by atoms with van der Waals surface area (Å²) in [4.78, 5) is 0. The van der Waals surface area contributed by atoms with Gasteiger partial charge in [-0.3, -0.25) is 11.3 Å². The molecule has 2 aromatic carbocycles. The van der Waals surface area contributed by atoms with Gasteiger partial charge in [0, 0.05) is 5.56 Å². The molecule has 4 heteroatoms. The molecule has 2 aromatic rings. The van der Waals surface area contributed by atoms with Gasteiger partial charge in [-0.1, -0.05) is 36.4 Å². The Hall–Kier alpha value is -2.04. The van der Waals surface area contributed by atoms with E-state index in [9.17, 15) is 0 Å². The number of nitrogens with one attached hydrogen (secondary N) is 1. The van der Waals surface area contributed by atoms with Crippen molar-refractivity contribution in [1.29, 1.82) is 0 Å². The lowest BCUT2D eigenvalue weighted by atomic mass is 9.98. The van der Waals surface area contributed by atoms with Crippen LogP contribution in [0.2, 0.25) is 0 Å². The number of ether oxygens (including phenoxy) is 2. The first-order valence-corrected chi connectivity index (χ1v) is 7.09. The molecule has 0 aliphatic heterocycles. The van der Waals surface area contributed by atoms with Crippen LogP contribution in [0.4, 0.5) is 0 Å². The predicted octanol–water partition coefficient (Wildman–Crippen LogP) is 2.84. The fourth-order valence-electron chi connectivity index (χ4n) is 2.41. The average molecular weight is 286 g/mol. The Kier molecular flexibility index (Phi) is 5.60. The molecule has 0 aliphatic rings. The van der Waals surface area contributed by atoms with Crippen molar-refractivity contribution >= 4 is 0 Å². The van der Waals surface area contributed by atoms with Gasteiger partial charge in [-0.05, 0) is 31.0 Å². The summed E-state index contributed by atoms with van der Waals surface area (Å²) in [5.74, 6) is 7.49. The van der Waals surface area contributed by atoms with Crippen LogP contribution in [0.3, 0.4) is 0 Å². The zero-order chi connectivity index (χ0) is 15.1. The number of benzene rings is 2. The van der Waals surface area contributed by atoms with Crippen molar-refractivity contribution in [1.82, 2.24) is 5.43 Å². The summed E-state index contributed by atoms with van der Waals surface area (Å²) in [6.45, 7) is 2.60. The normalized spacial score (nSPS) is 12.0. The Morgan fingerprint density at radius 1 is 1.05 bits per heavy atom. The molecule has 0 heterocycles. The van der Waals surface area contributed by atoms with E-state index >= 15 is 0 Å². The molecule has 0 aliphatic carbocycles. The summed E-state index contributed by atoms with van der Waals surface area (Å²) < 4.78 is 11.1. The minimum absolute atomic E-state index is 0.0379. The zero-order valence-electron chi connectivity index (χ0n) is 12.5. The predicted molar refractivity (Wildman–Crippen MR) is 84.4 cm³/mol.